The number of unbranched alkanes of at least 4 members (excludes halogenated alkanes) is 1. The molecule has 0 amide bonds. The molecule has 0 fully saturated rings. The zero-order valence-electron chi connectivity index (χ0n) is 14.4. The molecule has 2 aromatic rings. The molecule has 0 spiro atoms. The molecule has 0 unspecified atom stereocenters. The number of ether oxygens (including phenoxy) is 2. The summed E-state index contributed by atoms with van der Waals surface area (Å²) in [5, 5.41) is 17.5. The van der Waals surface area contributed by atoms with Gasteiger partial charge in [-0.3, -0.25) is 10.1 Å². The minimum Gasteiger partial charge on any atom is -0.497 e. The fourth-order valence-electron chi connectivity index (χ4n) is 2.20. The quantitative estimate of drug-likeness (QED) is 0.403. The summed E-state index contributed by atoms with van der Waals surface area (Å²) in [4.78, 5) is 19.0. The number of hydrogen-bond donors (Lipinski definition) is 2. The van der Waals surface area contributed by atoms with E-state index < -0.39 is 4.92 Å². The lowest BCUT2D eigenvalue weighted by Gasteiger charge is -2.13. The molecule has 2 rings (SSSR count). The highest BCUT2D eigenvalue weighted by atomic mass is 16.6. The van der Waals surface area contributed by atoms with E-state index in [-0.39, 0.29) is 17.3 Å². The Morgan fingerprint density at radius 1 is 1.20 bits per heavy atom. The number of anilines is 3. The van der Waals surface area contributed by atoms with Crippen molar-refractivity contribution in [2.24, 2.45) is 0 Å². The molecular weight excluding hydrogens is 326 g/mol. The predicted molar refractivity (Wildman–Crippen MR) is 94.9 cm³/mol. The smallest absolute Gasteiger partial charge is 0.353 e. The van der Waals surface area contributed by atoms with E-state index >= 15 is 0 Å². The second-order valence-electron chi connectivity index (χ2n) is 5.15. The fourth-order valence-corrected chi connectivity index (χ4v) is 2.20. The lowest BCUT2D eigenvalue weighted by Crippen LogP contribution is -2.09. The fraction of sp³-hybridized carbons (Fsp3) is 0.375. The van der Waals surface area contributed by atoms with Gasteiger partial charge in [0.2, 0.25) is 11.6 Å². The number of nitro groups is 1. The Bertz CT molecular complexity index is 738. The van der Waals surface area contributed by atoms with Gasteiger partial charge in [-0.05, 0) is 18.6 Å². The van der Waals surface area contributed by atoms with Crippen LogP contribution in [0.4, 0.5) is 23.0 Å². The van der Waals surface area contributed by atoms with Crippen molar-refractivity contribution in [2.75, 3.05) is 31.4 Å². The second kappa shape index (κ2) is 8.67. The van der Waals surface area contributed by atoms with Crippen LogP contribution in [0, 0.1) is 10.1 Å². The Morgan fingerprint density at radius 3 is 2.60 bits per heavy atom. The zero-order chi connectivity index (χ0) is 18.2. The minimum atomic E-state index is -0.511. The van der Waals surface area contributed by atoms with Crippen LogP contribution < -0.4 is 20.1 Å². The molecule has 0 aliphatic rings. The SMILES string of the molecule is CCCCNc1ncnc(Nc2cc(OC)ccc2OC)c1[N+](=O)[O-]. The molecule has 0 saturated heterocycles. The minimum absolute atomic E-state index is 0.0746. The lowest BCUT2D eigenvalue weighted by atomic mass is 10.2. The molecule has 9 heteroatoms. The highest BCUT2D eigenvalue weighted by Gasteiger charge is 2.23. The number of nitrogens with zero attached hydrogens (tertiary/aromatic N) is 3. The molecule has 134 valence electrons. The van der Waals surface area contributed by atoms with Gasteiger partial charge in [-0.1, -0.05) is 13.3 Å². The van der Waals surface area contributed by atoms with Crippen LogP contribution in [0.2, 0.25) is 0 Å². The molecule has 0 aliphatic carbocycles. The Labute approximate surface area is 145 Å². The molecule has 1 aromatic carbocycles. The van der Waals surface area contributed by atoms with E-state index in [4.69, 9.17) is 9.47 Å². The van der Waals surface area contributed by atoms with Crippen LogP contribution in [0.3, 0.4) is 0 Å². The van der Waals surface area contributed by atoms with Crippen molar-refractivity contribution in [3.8, 4) is 11.5 Å². The zero-order valence-corrected chi connectivity index (χ0v) is 14.4. The van der Waals surface area contributed by atoms with Gasteiger partial charge in [0, 0.05) is 12.6 Å². The molecule has 0 saturated carbocycles. The van der Waals surface area contributed by atoms with Gasteiger partial charge in [-0.25, -0.2) is 9.97 Å². The van der Waals surface area contributed by atoms with Crippen LogP contribution in [0.25, 0.3) is 0 Å². The maximum Gasteiger partial charge on any atom is 0.353 e. The van der Waals surface area contributed by atoms with E-state index in [9.17, 15) is 10.1 Å². The normalized spacial score (nSPS) is 10.2. The summed E-state index contributed by atoms with van der Waals surface area (Å²) in [5.74, 6) is 1.35. The number of methoxy groups -OCH3 is 2. The topological polar surface area (TPSA) is 111 Å². The van der Waals surface area contributed by atoms with Gasteiger partial charge in [0.15, 0.2) is 0 Å². The first-order chi connectivity index (χ1) is 12.1. The van der Waals surface area contributed by atoms with Gasteiger partial charge in [-0.2, -0.15) is 0 Å². The van der Waals surface area contributed by atoms with Gasteiger partial charge in [-0.15, -0.1) is 0 Å². The van der Waals surface area contributed by atoms with Crippen molar-refractivity contribution < 1.29 is 14.4 Å². The van der Waals surface area contributed by atoms with Crippen LogP contribution >= 0.6 is 0 Å². The van der Waals surface area contributed by atoms with Crippen LogP contribution in [0.5, 0.6) is 11.5 Å². The van der Waals surface area contributed by atoms with Crippen molar-refractivity contribution in [3.05, 3.63) is 34.6 Å². The van der Waals surface area contributed by atoms with E-state index in [1.165, 1.54) is 20.5 Å². The van der Waals surface area contributed by atoms with Crippen molar-refractivity contribution in [1.29, 1.82) is 0 Å². The second-order valence-corrected chi connectivity index (χ2v) is 5.15. The van der Waals surface area contributed by atoms with Crippen LogP contribution in [-0.4, -0.2) is 35.7 Å². The van der Waals surface area contributed by atoms with E-state index in [1.54, 1.807) is 18.2 Å². The summed E-state index contributed by atoms with van der Waals surface area (Å²) in [6.45, 7) is 2.63. The molecule has 2 N–H and O–H groups in total. The Balaban J connectivity index is 2.39. The van der Waals surface area contributed by atoms with Crippen molar-refractivity contribution in [1.82, 2.24) is 9.97 Å². The molecule has 0 aliphatic heterocycles. The first-order valence-electron chi connectivity index (χ1n) is 7.83. The summed E-state index contributed by atoms with van der Waals surface area (Å²) in [6.07, 6.45) is 3.13. The third-order valence-electron chi connectivity index (χ3n) is 3.49. The average molecular weight is 347 g/mol. The Hall–Kier alpha value is -3.10. The first-order valence-corrected chi connectivity index (χ1v) is 7.83. The Morgan fingerprint density at radius 2 is 1.96 bits per heavy atom. The highest BCUT2D eigenvalue weighted by molar-refractivity contribution is 5.76. The van der Waals surface area contributed by atoms with Crippen molar-refractivity contribution in [3.63, 3.8) is 0 Å². The average Bonchev–Trinajstić information content (AvgIpc) is 2.61. The molecule has 1 aromatic heterocycles. The number of benzene rings is 1. The van der Waals surface area contributed by atoms with Crippen LogP contribution in [0.15, 0.2) is 24.5 Å². The standard InChI is InChI=1S/C16H21N5O4/c1-4-5-8-17-15-14(21(22)23)16(19-10-18-15)20-12-9-11(24-2)6-7-13(12)25-3/h6-7,9-10H,4-5,8H2,1-3H3,(H2,17,18,19,20). The first kappa shape index (κ1) is 18.2. The summed E-state index contributed by atoms with van der Waals surface area (Å²) >= 11 is 0. The van der Waals surface area contributed by atoms with Gasteiger partial charge >= 0.3 is 5.69 Å². The molecule has 9 nitrogen and oxygen atoms in total. The van der Waals surface area contributed by atoms with Crippen molar-refractivity contribution >= 4 is 23.0 Å². The van der Waals surface area contributed by atoms with E-state index in [0.29, 0.717) is 23.7 Å². The van der Waals surface area contributed by atoms with E-state index in [0.717, 1.165) is 12.8 Å². The van der Waals surface area contributed by atoms with Gasteiger partial charge in [0.05, 0.1) is 24.8 Å². The highest BCUT2D eigenvalue weighted by Crippen LogP contribution is 2.36. The summed E-state index contributed by atoms with van der Waals surface area (Å²) < 4.78 is 10.5. The van der Waals surface area contributed by atoms with Gasteiger partial charge in [0.1, 0.15) is 17.8 Å². The lowest BCUT2D eigenvalue weighted by molar-refractivity contribution is -0.383. The molecule has 0 atom stereocenters. The van der Waals surface area contributed by atoms with E-state index in [1.807, 2.05) is 6.92 Å². The number of nitrogens with one attached hydrogen (secondary N) is 2. The van der Waals surface area contributed by atoms with E-state index in [2.05, 4.69) is 20.6 Å². The maximum atomic E-state index is 11.5. The molecular formula is C16H21N5O4. The predicted octanol–water partition coefficient (Wildman–Crippen LogP) is 3.36. The molecule has 0 radical (unpaired) electrons. The number of rotatable bonds is 9. The summed E-state index contributed by atoms with van der Waals surface area (Å²) in [6, 6.07) is 5.11. The summed E-state index contributed by atoms with van der Waals surface area (Å²) in [5.41, 5.74) is 0.284. The maximum absolute atomic E-state index is 11.5. The van der Waals surface area contributed by atoms with Crippen LogP contribution in [0.1, 0.15) is 19.8 Å². The summed E-state index contributed by atoms with van der Waals surface area (Å²) in [7, 11) is 3.05. The Kier molecular flexibility index (Phi) is 6.33. The van der Waals surface area contributed by atoms with Crippen LogP contribution in [-0.2, 0) is 0 Å². The van der Waals surface area contributed by atoms with Crippen molar-refractivity contribution in [2.45, 2.75) is 19.8 Å². The molecule has 0 bridgehead atoms. The number of hydrogen-bond acceptors (Lipinski definition) is 8. The molecule has 25 heavy (non-hydrogen) atoms. The monoisotopic (exact) mass is 347 g/mol. The largest absolute Gasteiger partial charge is 0.497 e. The third kappa shape index (κ3) is 4.46. The molecule has 1 heterocycles. The number of aromatic nitrogens is 2. The van der Waals surface area contributed by atoms with Gasteiger partial charge < -0.3 is 20.1 Å². The third-order valence-corrected chi connectivity index (χ3v) is 3.49. The van der Waals surface area contributed by atoms with Gasteiger partial charge in [0.25, 0.3) is 0 Å².